The summed E-state index contributed by atoms with van der Waals surface area (Å²) in [4.78, 5) is 46.9. The SMILES string of the molecule is CN(C(=O)c1ccccc1)c1ccc2c(c1)nc(NC(=O)c1ccc(C=Cc3ccccc3)cc1)n2CCCN1CCCC1=O. The lowest BCUT2D eigenvalue weighted by Gasteiger charge is -2.18. The summed E-state index contributed by atoms with van der Waals surface area (Å²) in [5.74, 6) is 0.221. The molecule has 0 spiro atoms. The van der Waals surface area contributed by atoms with Gasteiger partial charge in [0.2, 0.25) is 11.9 Å². The number of benzene rings is 4. The molecular formula is C37H35N5O3. The molecule has 1 saturated heterocycles. The Morgan fingerprint density at radius 1 is 0.844 bits per heavy atom. The number of aromatic nitrogens is 2. The van der Waals surface area contributed by atoms with Crippen molar-refractivity contribution in [2.75, 3.05) is 30.4 Å². The van der Waals surface area contributed by atoms with Crippen molar-refractivity contribution in [3.8, 4) is 0 Å². The fourth-order valence-electron chi connectivity index (χ4n) is 5.58. The van der Waals surface area contributed by atoms with Crippen LogP contribution in [0.3, 0.4) is 0 Å². The first kappa shape index (κ1) is 29.6. The Kier molecular flexibility index (Phi) is 8.82. The Hall–Kier alpha value is -5.50. The molecule has 0 saturated carbocycles. The summed E-state index contributed by atoms with van der Waals surface area (Å²) in [6.07, 6.45) is 6.27. The van der Waals surface area contributed by atoms with Gasteiger partial charge < -0.3 is 14.4 Å². The van der Waals surface area contributed by atoms with E-state index in [2.05, 4.69) is 5.32 Å². The summed E-state index contributed by atoms with van der Waals surface area (Å²) in [5.41, 5.74) is 5.39. The summed E-state index contributed by atoms with van der Waals surface area (Å²) in [6, 6.07) is 32.3. The molecule has 0 atom stereocenters. The number of imidazole rings is 1. The van der Waals surface area contributed by atoms with Gasteiger partial charge in [-0.25, -0.2) is 4.98 Å². The fraction of sp³-hybridized carbons (Fsp3) is 0.189. The molecule has 6 rings (SSSR count). The van der Waals surface area contributed by atoms with Crippen molar-refractivity contribution in [1.82, 2.24) is 14.5 Å². The second-order valence-corrected chi connectivity index (χ2v) is 11.1. The highest BCUT2D eigenvalue weighted by Crippen LogP contribution is 2.27. The van der Waals surface area contributed by atoms with E-state index >= 15 is 0 Å². The Balaban J connectivity index is 1.23. The molecule has 1 aliphatic rings. The maximum atomic E-state index is 13.4. The molecule has 226 valence electrons. The van der Waals surface area contributed by atoms with Gasteiger partial charge in [-0.1, -0.05) is 72.8 Å². The molecule has 45 heavy (non-hydrogen) atoms. The smallest absolute Gasteiger partial charge is 0.258 e. The molecular weight excluding hydrogens is 562 g/mol. The van der Waals surface area contributed by atoms with Gasteiger partial charge in [-0.15, -0.1) is 0 Å². The van der Waals surface area contributed by atoms with E-state index < -0.39 is 0 Å². The summed E-state index contributed by atoms with van der Waals surface area (Å²) in [6.45, 7) is 2.00. The molecule has 1 N–H and O–H groups in total. The number of rotatable bonds is 10. The number of aryl methyl sites for hydroxylation is 1. The summed E-state index contributed by atoms with van der Waals surface area (Å²) >= 11 is 0. The molecule has 4 aromatic carbocycles. The number of anilines is 2. The fourth-order valence-corrected chi connectivity index (χ4v) is 5.58. The predicted molar refractivity (Wildman–Crippen MR) is 179 cm³/mol. The van der Waals surface area contributed by atoms with E-state index in [0.29, 0.717) is 47.8 Å². The Morgan fingerprint density at radius 3 is 2.22 bits per heavy atom. The van der Waals surface area contributed by atoms with Crippen LogP contribution < -0.4 is 10.2 Å². The van der Waals surface area contributed by atoms with E-state index in [9.17, 15) is 14.4 Å². The Morgan fingerprint density at radius 2 is 1.53 bits per heavy atom. The molecule has 0 radical (unpaired) electrons. The highest BCUT2D eigenvalue weighted by molar-refractivity contribution is 6.07. The number of carbonyl (C=O) groups excluding carboxylic acids is 3. The third-order valence-electron chi connectivity index (χ3n) is 8.09. The first-order valence-electron chi connectivity index (χ1n) is 15.2. The van der Waals surface area contributed by atoms with E-state index in [-0.39, 0.29) is 17.7 Å². The van der Waals surface area contributed by atoms with Crippen molar-refractivity contribution in [1.29, 1.82) is 0 Å². The zero-order chi connectivity index (χ0) is 31.2. The van der Waals surface area contributed by atoms with Crippen molar-refractivity contribution < 1.29 is 14.4 Å². The quantitative estimate of drug-likeness (QED) is 0.181. The highest BCUT2D eigenvalue weighted by Gasteiger charge is 2.21. The monoisotopic (exact) mass is 597 g/mol. The molecule has 2 heterocycles. The van der Waals surface area contributed by atoms with E-state index in [1.807, 2.05) is 100 Å². The van der Waals surface area contributed by atoms with Gasteiger partial charge in [0.05, 0.1) is 11.0 Å². The van der Waals surface area contributed by atoms with Gasteiger partial charge in [-0.05, 0) is 66.4 Å². The van der Waals surface area contributed by atoms with Crippen LogP contribution in [0.2, 0.25) is 0 Å². The predicted octanol–water partition coefficient (Wildman–Crippen LogP) is 6.75. The molecule has 1 fully saturated rings. The number of hydrogen-bond acceptors (Lipinski definition) is 4. The van der Waals surface area contributed by atoms with Crippen LogP contribution in [-0.2, 0) is 11.3 Å². The molecule has 0 aliphatic carbocycles. The normalized spacial score (nSPS) is 13.1. The first-order chi connectivity index (χ1) is 22.0. The zero-order valence-corrected chi connectivity index (χ0v) is 25.2. The lowest BCUT2D eigenvalue weighted by molar-refractivity contribution is -0.127. The van der Waals surface area contributed by atoms with Gasteiger partial charge in [-0.2, -0.15) is 0 Å². The van der Waals surface area contributed by atoms with Crippen molar-refractivity contribution in [2.24, 2.45) is 0 Å². The van der Waals surface area contributed by atoms with Crippen LogP contribution in [0.5, 0.6) is 0 Å². The highest BCUT2D eigenvalue weighted by atomic mass is 16.2. The van der Waals surface area contributed by atoms with E-state index in [1.54, 1.807) is 36.2 Å². The first-order valence-corrected chi connectivity index (χ1v) is 15.2. The van der Waals surface area contributed by atoms with Crippen molar-refractivity contribution in [3.05, 3.63) is 125 Å². The van der Waals surface area contributed by atoms with Crippen LogP contribution in [-0.4, -0.2) is 52.3 Å². The van der Waals surface area contributed by atoms with E-state index in [1.165, 1.54) is 0 Å². The number of likely N-dealkylation sites (tertiary alicyclic amines) is 1. The largest absolute Gasteiger partial charge is 0.343 e. The Bertz CT molecular complexity index is 1850. The lowest BCUT2D eigenvalue weighted by atomic mass is 10.1. The van der Waals surface area contributed by atoms with Gasteiger partial charge >= 0.3 is 0 Å². The van der Waals surface area contributed by atoms with Gasteiger partial charge in [-0.3, -0.25) is 19.7 Å². The second-order valence-electron chi connectivity index (χ2n) is 11.1. The third-order valence-corrected chi connectivity index (χ3v) is 8.09. The molecule has 8 heteroatoms. The van der Waals surface area contributed by atoms with Crippen LogP contribution in [0.15, 0.2) is 103 Å². The van der Waals surface area contributed by atoms with Crippen molar-refractivity contribution in [2.45, 2.75) is 25.8 Å². The number of hydrogen-bond donors (Lipinski definition) is 1. The molecule has 0 bridgehead atoms. The molecule has 5 aromatic rings. The van der Waals surface area contributed by atoms with Gasteiger partial charge in [0.1, 0.15) is 0 Å². The van der Waals surface area contributed by atoms with Crippen LogP contribution in [0.4, 0.5) is 11.6 Å². The number of amides is 3. The maximum Gasteiger partial charge on any atom is 0.258 e. The maximum absolute atomic E-state index is 13.4. The third kappa shape index (κ3) is 6.86. The van der Waals surface area contributed by atoms with Gasteiger partial charge in [0.15, 0.2) is 0 Å². The van der Waals surface area contributed by atoms with Gasteiger partial charge in [0, 0.05) is 49.9 Å². The average Bonchev–Trinajstić information content (AvgIpc) is 3.65. The molecule has 8 nitrogen and oxygen atoms in total. The lowest BCUT2D eigenvalue weighted by Crippen LogP contribution is -2.26. The van der Waals surface area contributed by atoms with Crippen molar-refractivity contribution in [3.63, 3.8) is 0 Å². The van der Waals surface area contributed by atoms with Crippen LogP contribution in [0, 0.1) is 0 Å². The summed E-state index contributed by atoms with van der Waals surface area (Å²) in [5, 5.41) is 3.01. The molecule has 0 unspecified atom stereocenters. The number of carbonyl (C=O) groups is 3. The second kappa shape index (κ2) is 13.4. The van der Waals surface area contributed by atoms with E-state index in [0.717, 1.165) is 36.0 Å². The van der Waals surface area contributed by atoms with Crippen LogP contribution >= 0.6 is 0 Å². The number of fused-ring (bicyclic) bond motifs is 1. The molecule has 1 aromatic heterocycles. The number of nitrogens with one attached hydrogen (secondary N) is 1. The minimum atomic E-state index is -0.267. The topological polar surface area (TPSA) is 87.5 Å². The minimum absolute atomic E-state index is 0.125. The van der Waals surface area contributed by atoms with Crippen LogP contribution in [0.25, 0.3) is 23.2 Å². The van der Waals surface area contributed by atoms with E-state index in [4.69, 9.17) is 4.98 Å². The summed E-state index contributed by atoms with van der Waals surface area (Å²) < 4.78 is 1.98. The van der Waals surface area contributed by atoms with Crippen molar-refractivity contribution >= 4 is 52.5 Å². The minimum Gasteiger partial charge on any atom is -0.343 e. The molecule has 1 aliphatic heterocycles. The van der Waals surface area contributed by atoms with Crippen LogP contribution in [0.1, 0.15) is 51.1 Å². The standard InChI is InChI=1S/C37H35N5O3/c1-40(36(45)30-12-6-3-7-13-30)31-21-22-33-32(26-31)38-37(42(33)25-9-24-41-23-8-14-34(41)43)39-35(44)29-19-17-28(18-20-29)16-15-27-10-4-2-5-11-27/h2-7,10-13,15-22,26H,8-9,14,23-25H2,1H3,(H,38,39,44). The Labute approximate surface area is 262 Å². The number of nitrogens with zero attached hydrogens (tertiary/aromatic N) is 4. The van der Waals surface area contributed by atoms with Gasteiger partial charge in [0.25, 0.3) is 11.8 Å². The summed E-state index contributed by atoms with van der Waals surface area (Å²) in [7, 11) is 1.74. The zero-order valence-electron chi connectivity index (χ0n) is 25.2. The average molecular weight is 598 g/mol. The molecule has 3 amide bonds.